The van der Waals surface area contributed by atoms with E-state index in [1.54, 1.807) is 13.0 Å². The average molecular weight is 368 g/mol. The van der Waals surface area contributed by atoms with E-state index >= 15 is 0 Å². The first-order valence-corrected chi connectivity index (χ1v) is 8.84. The van der Waals surface area contributed by atoms with Crippen molar-refractivity contribution in [2.24, 2.45) is 10.8 Å². The first kappa shape index (κ1) is 18.1. The van der Waals surface area contributed by atoms with Crippen molar-refractivity contribution in [1.29, 1.82) is 0 Å². The van der Waals surface area contributed by atoms with Crippen LogP contribution in [0.15, 0.2) is 11.6 Å². The Morgan fingerprint density at radius 1 is 1.50 bits per heavy atom. The van der Waals surface area contributed by atoms with Crippen LogP contribution in [0.25, 0.3) is 0 Å². The van der Waals surface area contributed by atoms with E-state index < -0.39 is 65.3 Å². The standard InChI is InChI=1S/C18H24O8/c1-8-4-11-17(6-19,13(22)12(8)21)16(3)5-10(25-15(23)9(2)20)14(26-11)18(16)7-24-18/h4,9-11,13-14,19-20,22H,5-7H2,1-3H3/t9?,10-,11-,13-,14-,16-,17-,18?/m1/s1. The van der Waals surface area contributed by atoms with Crippen molar-refractivity contribution >= 4 is 11.8 Å². The van der Waals surface area contributed by atoms with E-state index in [-0.39, 0.29) is 6.42 Å². The first-order chi connectivity index (χ1) is 12.1. The van der Waals surface area contributed by atoms with Crippen molar-refractivity contribution < 1.29 is 39.1 Å². The van der Waals surface area contributed by atoms with Crippen LogP contribution in [0.2, 0.25) is 0 Å². The topological polar surface area (TPSA) is 126 Å². The molecular formula is C18H24O8. The minimum atomic E-state index is -1.44. The van der Waals surface area contributed by atoms with Crippen LogP contribution < -0.4 is 0 Å². The summed E-state index contributed by atoms with van der Waals surface area (Å²) in [7, 11) is 0. The monoisotopic (exact) mass is 368 g/mol. The van der Waals surface area contributed by atoms with Crippen molar-refractivity contribution in [1.82, 2.24) is 0 Å². The molecule has 0 aromatic rings. The predicted molar refractivity (Wildman–Crippen MR) is 85.9 cm³/mol. The van der Waals surface area contributed by atoms with E-state index in [0.717, 1.165) is 0 Å². The summed E-state index contributed by atoms with van der Waals surface area (Å²) in [4.78, 5) is 24.4. The van der Waals surface area contributed by atoms with Gasteiger partial charge < -0.3 is 29.5 Å². The summed E-state index contributed by atoms with van der Waals surface area (Å²) < 4.78 is 17.4. The second kappa shape index (κ2) is 5.36. The molecule has 144 valence electrons. The van der Waals surface area contributed by atoms with Gasteiger partial charge in [0.15, 0.2) is 5.78 Å². The smallest absolute Gasteiger partial charge is 0.335 e. The molecule has 2 saturated heterocycles. The van der Waals surface area contributed by atoms with Crippen molar-refractivity contribution in [2.45, 2.75) is 63.3 Å². The molecule has 8 heteroatoms. The Morgan fingerprint density at radius 3 is 2.69 bits per heavy atom. The molecule has 1 saturated carbocycles. The lowest BCUT2D eigenvalue weighted by Crippen LogP contribution is -2.70. The number of ketones is 1. The van der Waals surface area contributed by atoms with Crippen molar-refractivity contribution in [2.75, 3.05) is 13.2 Å². The van der Waals surface area contributed by atoms with E-state index in [2.05, 4.69) is 0 Å². The summed E-state index contributed by atoms with van der Waals surface area (Å²) >= 11 is 0. The highest BCUT2D eigenvalue weighted by Gasteiger charge is 2.83. The second-order valence-electron chi connectivity index (χ2n) is 8.16. The summed E-state index contributed by atoms with van der Waals surface area (Å²) in [5.41, 5.74) is -2.60. The Labute approximate surface area is 150 Å². The van der Waals surface area contributed by atoms with Gasteiger partial charge in [-0.15, -0.1) is 0 Å². The third-order valence-corrected chi connectivity index (χ3v) is 7.02. The summed E-state index contributed by atoms with van der Waals surface area (Å²) in [6.45, 7) is 4.62. The Bertz CT molecular complexity index is 695. The molecule has 2 bridgehead atoms. The van der Waals surface area contributed by atoms with Gasteiger partial charge in [-0.3, -0.25) is 4.79 Å². The van der Waals surface area contributed by atoms with E-state index in [1.165, 1.54) is 6.92 Å². The van der Waals surface area contributed by atoms with Crippen molar-refractivity contribution in [3.8, 4) is 0 Å². The lowest BCUT2D eigenvalue weighted by molar-refractivity contribution is -0.245. The van der Waals surface area contributed by atoms with Crippen LogP contribution in [-0.4, -0.2) is 76.4 Å². The van der Waals surface area contributed by atoms with Gasteiger partial charge in [-0.1, -0.05) is 6.92 Å². The Hall–Kier alpha value is -1.32. The van der Waals surface area contributed by atoms with Gasteiger partial charge >= 0.3 is 5.97 Å². The zero-order chi connectivity index (χ0) is 19.1. The van der Waals surface area contributed by atoms with Gasteiger partial charge in [0.1, 0.15) is 30.0 Å². The molecule has 8 nitrogen and oxygen atoms in total. The van der Waals surface area contributed by atoms with Gasteiger partial charge in [0.2, 0.25) is 0 Å². The number of aliphatic hydroxyl groups excluding tert-OH is 3. The molecule has 0 radical (unpaired) electrons. The van der Waals surface area contributed by atoms with Gasteiger partial charge in [0, 0.05) is 5.41 Å². The molecule has 4 aliphatic rings. The second-order valence-corrected chi connectivity index (χ2v) is 8.16. The molecule has 2 aliphatic heterocycles. The van der Waals surface area contributed by atoms with E-state index in [9.17, 15) is 24.9 Å². The molecule has 2 unspecified atom stereocenters. The Morgan fingerprint density at radius 2 is 2.15 bits per heavy atom. The molecule has 1 spiro atoms. The van der Waals surface area contributed by atoms with Crippen LogP contribution >= 0.6 is 0 Å². The highest BCUT2D eigenvalue weighted by atomic mass is 16.7. The number of fused-ring (bicyclic) bond motifs is 2. The number of epoxide rings is 1. The van der Waals surface area contributed by atoms with Crippen LogP contribution in [-0.2, 0) is 23.8 Å². The van der Waals surface area contributed by atoms with Crippen LogP contribution in [0, 0.1) is 10.8 Å². The fourth-order valence-corrected chi connectivity index (χ4v) is 5.34. The van der Waals surface area contributed by atoms with Crippen LogP contribution in [0.1, 0.15) is 27.2 Å². The minimum Gasteiger partial charge on any atom is -0.458 e. The van der Waals surface area contributed by atoms with Crippen LogP contribution in [0.4, 0.5) is 0 Å². The number of Topliss-reactive ketones (excluding diaryl/α,β-unsaturated/α-hetero) is 1. The maximum absolute atomic E-state index is 12.5. The third kappa shape index (κ3) is 1.86. The molecule has 3 fully saturated rings. The van der Waals surface area contributed by atoms with E-state index in [0.29, 0.717) is 12.2 Å². The van der Waals surface area contributed by atoms with E-state index in [4.69, 9.17) is 14.2 Å². The van der Waals surface area contributed by atoms with Gasteiger partial charge in [-0.05, 0) is 31.9 Å². The highest BCUT2D eigenvalue weighted by molar-refractivity contribution is 6.00. The lowest BCUT2D eigenvalue weighted by atomic mass is 9.50. The molecular weight excluding hydrogens is 344 g/mol. The number of hydrogen-bond acceptors (Lipinski definition) is 8. The molecule has 3 N–H and O–H groups in total. The van der Waals surface area contributed by atoms with Gasteiger partial charge in [-0.2, -0.15) is 0 Å². The predicted octanol–water partition coefficient (Wildman–Crippen LogP) is -0.906. The molecule has 2 heterocycles. The Kier molecular flexibility index (Phi) is 3.72. The molecule has 0 amide bonds. The number of carbonyl (C=O) groups excluding carboxylic acids is 2. The normalized spacial score (nSPS) is 50.2. The SMILES string of the molecule is CC1=C[C@H]2O[C@@H]3[C@H](OC(=O)C(C)O)C[C@@](C)(C34CO4)[C@@]2(CO)[C@H](O)C1=O. The zero-order valence-corrected chi connectivity index (χ0v) is 15.0. The number of aliphatic hydroxyl groups is 3. The first-order valence-electron chi connectivity index (χ1n) is 8.84. The van der Waals surface area contributed by atoms with Crippen LogP contribution in [0.5, 0.6) is 0 Å². The average Bonchev–Trinajstić information content (AvgIpc) is 3.35. The van der Waals surface area contributed by atoms with Gasteiger partial charge in [0.25, 0.3) is 0 Å². The molecule has 0 aromatic heterocycles. The molecule has 8 atom stereocenters. The fourth-order valence-electron chi connectivity index (χ4n) is 5.34. The zero-order valence-electron chi connectivity index (χ0n) is 15.0. The quantitative estimate of drug-likeness (QED) is 0.432. The van der Waals surface area contributed by atoms with Gasteiger partial charge in [0.05, 0.1) is 24.7 Å². The van der Waals surface area contributed by atoms with E-state index in [1.807, 2.05) is 6.92 Å². The van der Waals surface area contributed by atoms with Crippen molar-refractivity contribution in [3.05, 3.63) is 11.6 Å². The molecule has 2 aliphatic carbocycles. The summed E-state index contributed by atoms with van der Waals surface area (Å²) in [6.07, 6.45) is -2.84. The Balaban J connectivity index is 1.80. The molecule has 0 aromatic carbocycles. The third-order valence-electron chi connectivity index (χ3n) is 7.02. The maximum atomic E-state index is 12.5. The number of hydrogen-bond donors (Lipinski definition) is 3. The maximum Gasteiger partial charge on any atom is 0.335 e. The largest absolute Gasteiger partial charge is 0.458 e. The fraction of sp³-hybridized carbons (Fsp3) is 0.778. The van der Waals surface area contributed by atoms with Crippen LogP contribution in [0.3, 0.4) is 0 Å². The molecule has 26 heavy (non-hydrogen) atoms. The molecule has 4 rings (SSSR count). The number of carbonyl (C=O) groups is 2. The number of esters is 1. The lowest BCUT2D eigenvalue weighted by Gasteiger charge is -2.58. The highest BCUT2D eigenvalue weighted by Crippen LogP contribution is 2.71. The number of rotatable bonds is 3. The summed E-state index contributed by atoms with van der Waals surface area (Å²) in [5.74, 6) is -1.21. The summed E-state index contributed by atoms with van der Waals surface area (Å²) in [5, 5.41) is 30.7. The summed E-state index contributed by atoms with van der Waals surface area (Å²) in [6, 6.07) is 0. The van der Waals surface area contributed by atoms with Gasteiger partial charge in [-0.25, -0.2) is 4.79 Å². The minimum absolute atomic E-state index is 0.254. The number of ether oxygens (including phenoxy) is 3. The van der Waals surface area contributed by atoms with Crippen molar-refractivity contribution in [3.63, 3.8) is 0 Å².